The lowest BCUT2D eigenvalue weighted by Crippen LogP contribution is -2.13. The predicted octanol–water partition coefficient (Wildman–Crippen LogP) is 1.53. The number of fused-ring (bicyclic) bond motifs is 1. The fraction of sp³-hybridized carbons (Fsp3) is 0.500. The lowest BCUT2D eigenvalue weighted by molar-refractivity contribution is 0.666. The van der Waals surface area contributed by atoms with Gasteiger partial charge in [0.25, 0.3) is 0 Å². The fourth-order valence-corrected chi connectivity index (χ4v) is 2.11. The minimum Gasteiger partial charge on any atom is -0.319 e. The normalized spacial score (nSPS) is 15.8. The van der Waals surface area contributed by atoms with Crippen molar-refractivity contribution in [2.24, 2.45) is 0 Å². The maximum absolute atomic E-state index is 4.67. The first kappa shape index (κ1) is 9.78. The van der Waals surface area contributed by atoms with Crippen LogP contribution in [-0.2, 0) is 6.42 Å². The van der Waals surface area contributed by atoms with Crippen molar-refractivity contribution in [3.63, 3.8) is 0 Å². The lowest BCUT2D eigenvalue weighted by Gasteiger charge is -2.06. The summed E-state index contributed by atoms with van der Waals surface area (Å²) >= 11 is 0. The number of aromatic nitrogens is 3. The van der Waals surface area contributed by atoms with Gasteiger partial charge in [-0.15, -0.1) is 0 Å². The molecule has 3 rings (SSSR count). The Kier molecular flexibility index (Phi) is 2.36. The molecule has 2 heterocycles. The minimum absolute atomic E-state index is 0.645. The number of likely N-dealkylation sites (N-methyl/N-ethyl adjacent to an activating group) is 1. The number of nitrogens with zero attached hydrogens (tertiary/aromatic N) is 3. The Balaban J connectivity index is 2.07. The Labute approximate surface area is 94.7 Å². The van der Waals surface area contributed by atoms with Gasteiger partial charge in [-0.2, -0.15) is 0 Å². The highest BCUT2D eigenvalue weighted by Crippen LogP contribution is 2.38. The molecule has 2 aromatic rings. The number of pyridine rings is 1. The third kappa shape index (κ3) is 1.59. The molecule has 1 fully saturated rings. The van der Waals surface area contributed by atoms with Crippen LogP contribution in [0.4, 0.5) is 0 Å². The second kappa shape index (κ2) is 3.87. The van der Waals surface area contributed by atoms with Gasteiger partial charge in [0.05, 0.1) is 0 Å². The van der Waals surface area contributed by atoms with Gasteiger partial charge in [-0.1, -0.05) is 0 Å². The average Bonchev–Trinajstić information content (AvgIpc) is 3.07. The third-order valence-electron chi connectivity index (χ3n) is 3.03. The number of hydrogen-bond acceptors (Lipinski definition) is 3. The van der Waals surface area contributed by atoms with Gasteiger partial charge in [-0.05, 0) is 32.0 Å². The molecule has 0 atom stereocenters. The molecule has 1 saturated carbocycles. The van der Waals surface area contributed by atoms with Gasteiger partial charge in [0, 0.05) is 25.2 Å². The second-order valence-corrected chi connectivity index (χ2v) is 4.33. The fourth-order valence-electron chi connectivity index (χ4n) is 2.11. The van der Waals surface area contributed by atoms with Gasteiger partial charge < -0.3 is 9.88 Å². The summed E-state index contributed by atoms with van der Waals surface area (Å²) in [6, 6.07) is 4.64. The van der Waals surface area contributed by atoms with E-state index in [1.807, 2.05) is 25.4 Å². The van der Waals surface area contributed by atoms with Crippen LogP contribution in [0.15, 0.2) is 18.3 Å². The first-order chi connectivity index (χ1) is 7.90. The maximum Gasteiger partial charge on any atom is 0.160 e. The molecule has 0 spiro atoms. The van der Waals surface area contributed by atoms with Crippen molar-refractivity contribution < 1.29 is 0 Å². The van der Waals surface area contributed by atoms with Crippen molar-refractivity contribution in [2.45, 2.75) is 25.3 Å². The zero-order chi connectivity index (χ0) is 11.0. The molecule has 4 nitrogen and oxygen atoms in total. The van der Waals surface area contributed by atoms with E-state index in [1.54, 1.807) is 0 Å². The Hall–Kier alpha value is -1.42. The van der Waals surface area contributed by atoms with Crippen LogP contribution in [0.2, 0.25) is 0 Å². The minimum atomic E-state index is 0.645. The van der Waals surface area contributed by atoms with Crippen molar-refractivity contribution in [1.82, 2.24) is 19.9 Å². The first-order valence-corrected chi connectivity index (χ1v) is 5.86. The van der Waals surface area contributed by atoms with Crippen molar-refractivity contribution in [3.8, 4) is 0 Å². The summed E-state index contributed by atoms with van der Waals surface area (Å²) in [6.45, 7) is 0.968. The van der Waals surface area contributed by atoms with E-state index in [-0.39, 0.29) is 0 Å². The lowest BCUT2D eigenvalue weighted by atomic mass is 10.4. The summed E-state index contributed by atoms with van der Waals surface area (Å²) in [5, 5.41) is 3.17. The molecule has 2 aromatic heterocycles. The van der Waals surface area contributed by atoms with E-state index in [2.05, 4.69) is 19.9 Å². The van der Waals surface area contributed by atoms with Crippen LogP contribution < -0.4 is 5.32 Å². The zero-order valence-electron chi connectivity index (χ0n) is 9.48. The largest absolute Gasteiger partial charge is 0.319 e. The maximum atomic E-state index is 4.67. The van der Waals surface area contributed by atoms with Crippen LogP contribution in [-0.4, -0.2) is 28.1 Å². The van der Waals surface area contributed by atoms with Crippen molar-refractivity contribution in [1.29, 1.82) is 0 Å². The standard InChI is InChI=1S/C12H16N4/c1-13-8-6-11-15-10-3-2-7-14-12(10)16(11)9-4-5-9/h2-3,7,9,13H,4-6,8H2,1H3. The molecule has 1 aliphatic rings. The van der Waals surface area contributed by atoms with Gasteiger partial charge in [0.2, 0.25) is 0 Å². The second-order valence-electron chi connectivity index (χ2n) is 4.33. The molecular formula is C12H16N4. The summed E-state index contributed by atoms with van der Waals surface area (Å²) in [7, 11) is 1.97. The average molecular weight is 216 g/mol. The summed E-state index contributed by atoms with van der Waals surface area (Å²) in [5.74, 6) is 1.17. The van der Waals surface area contributed by atoms with E-state index in [0.717, 1.165) is 24.1 Å². The predicted molar refractivity (Wildman–Crippen MR) is 63.4 cm³/mol. The van der Waals surface area contributed by atoms with Crippen LogP contribution in [0.1, 0.15) is 24.7 Å². The number of imidazole rings is 1. The summed E-state index contributed by atoms with van der Waals surface area (Å²) in [5.41, 5.74) is 2.08. The Morgan fingerprint density at radius 2 is 2.38 bits per heavy atom. The molecule has 0 aromatic carbocycles. The van der Waals surface area contributed by atoms with E-state index in [1.165, 1.54) is 18.7 Å². The van der Waals surface area contributed by atoms with Gasteiger partial charge >= 0.3 is 0 Å². The smallest absolute Gasteiger partial charge is 0.160 e. The van der Waals surface area contributed by atoms with E-state index in [4.69, 9.17) is 0 Å². The van der Waals surface area contributed by atoms with Crippen molar-refractivity contribution >= 4 is 11.2 Å². The Morgan fingerprint density at radius 1 is 1.50 bits per heavy atom. The topological polar surface area (TPSA) is 42.7 Å². The molecule has 0 radical (unpaired) electrons. The van der Waals surface area contributed by atoms with E-state index in [0.29, 0.717) is 6.04 Å². The van der Waals surface area contributed by atoms with Crippen molar-refractivity contribution in [3.05, 3.63) is 24.2 Å². The molecule has 1 N–H and O–H groups in total. The van der Waals surface area contributed by atoms with E-state index in [9.17, 15) is 0 Å². The third-order valence-corrected chi connectivity index (χ3v) is 3.03. The quantitative estimate of drug-likeness (QED) is 0.842. The zero-order valence-corrected chi connectivity index (χ0v) is 9.48. The van der Waals surface area contributed by atoms with Crippen LogP contribution in [0, 0.1) is 0 Å². The molecule has 0 saturated heterocycles. The number of nitrogens with one attached hydrogen (secondary N) is 1. The SMILES string of the molecule is CNCCc1nc2cccnc2n1C1CC1. The highest BCUT2D eigenvalue weighted by molar-refractivity contribution is 5.71. The van der Waals surface area contributed by atoms with Crippen LogP contribution >= 0.6 is 0 Å². The summed E-state index contributed by atoms with van der Waals surface area (Å²) in [6.07, 6.45) is 5.37. The highest BCUT2D eigenvalue weighted by atomic mass is 15.2. The molecule has 0 amide bonds. The van der Waals surface area contributed by atoms with Crippen LogP contribution in [0.3, 0.4) is 0 Å². The molecule has 4 heteroatoms. The Morgan fingerprint density at radius 3 is 3.12 bits per heavy atom. The van der Waals surface area contributed by atoms with Crippen LogP contribution in [0.25, 0.3) is 11.2 Å². The molecule has 0 unspecified atom stereocenters. The Bertz CT molecular complexity index is 499. The summed E-state index contributed by atoms with van der Waals surface area (Å²) < 4.78 is 2.33. The van der Waals surface area contributed by atoms with E-state index >= 15 is 0 Å². The van der Waals surface area contributed by atoms with Gasteiger partial charge in [0.1, 0.15) is 11.3 Å². The number of hydrogen-bond donors (Lipinski definition) is 1. The molecule has 0 bridgehead atoms. The molecule has 16 heavy (non-hydrogen) atoms. The molecule has 84 valence electrons. The number of rotatable bonds is 4. The molecular weight excluding hydrogens is 200 g/mol. The highest BCUT2D eigenvalue weighted by Gasteiger charge is 2.28. The van der Waals surface area contributed by atoms with E-state index < -0.39 is 0 Å². The van der Waals surface area contributed by atoms with Gasteiger partial charge in [0.15, 0.2) is 5.65 Å². The van der Waals surface area contributed by atoms with Gasteiger partial charge in [-0.3, -0.25) is 0 Å². The molecule has 0 aliphatic heterocycles. The van der Waals surface area contributed by atoms with Crippen molar-refractivity contribution in [2.75, 3.05) is 13.6 Å². The monoisotopic (exact) mass is 216 g/mol. The van der Waals surface area contributed by atoms with Crippen LogP contribution in [0.5, 0.6) is 0 Å². The first-order valence-electron chi connectivity index (χ1n) is 5.86. The summed E-state index contributed by atoms with van der Waals surface area (Å²) in [4.78, 5) is 9.12. The molecule has 1 aliphatic carbocycles. The van der Waals surface area contributed by atoms with Gasteiger partial charge in [-0.25, -0.2) is 9.97 Å².